The number of hydrogen-bond acceptors (Lipinski definition) is 5. The number of hydrogen-bond donors (Lipinski definition) is 0. The molecule has 5 nitrogen and oxygen atoms in total. The second kappa shape index (κ2) is 8.31. The third-order valence-electron chi connectivity index (χ3n) is 4.68. The lowest BCUT2D eigenvalue weighted by Gasteiger charge is -2.34. The Bertz CT molecular complexity index is 883. The Morgan fingerprint density at radius 3 is 2.81 bits per heavy atom. The Balaban J connectivity index is 1.47. The molecule has 1 amide bonds. The fourth-order valence-electron chi connectivity index (χ4n) is 3.33. The molecule has 4 rings (SSSR count). The van der Waals surface area contributed by atoms with Gasteiger partial charge in [-0.25, -0.2) is 4.98 Å². The summed E-state index contributed by atoms with van der Waals surface area (Å²) < 4.78 is 5.66. The van der Waals surface area contributed by atoms with E-state index in [2.05, 4.69) is 10.4 Å². The Morgan fingerprint density at radius 1 is 1.15 bits per heavy atom. The number of para-hydroxylation sites is 1. The van der Waals surface area contributed by atoms with Gasteiger partial charge in [0.2, 0.25) is 0 Å². The fourth-order valence-corrected chi connectivity index (χ4v) is 4.17. The quantitative estimate of drug-likeness (QED) is 0.662. The van der Waals surface area contributed by atoms with E-state index in [1.807, 2.05) is 53.4 Å². The minimum Gasteiger partial charge on any atom is -0.484 e. The van der Waals surface area contributed by atoms with Crippen LogP contribution in [0.1, 0.15) is 31.0 Å². The van der Waals surface area contributed by atoms with Crippen molar-refractivity contribution in [2.24, 2.45) is 0 Å². The lowest BCUT2D eigenvalue weighted by molar-refractivity contribution is -0.137. The number of ether oxygens (including phenoxy) is 1. The third kappa shape index (κ3) is 4.17. The van der Waals surface area contributed by atoms with Gasteiger partial charge in [0, 0.05) is 18.1 Å². The largest absolute Gasteiger partial charge is 0.484 e. The molecule has 0 spiro atoms. The molecule has 3 aromatic rings. The normalized spacial score (nSPS) is 16.9. The zero-order valence-corrected chi connectivity index (χ0v) is 15.8. The van der Waals surface area contributed by atoms with Crippen molar-refractivity contribution < 1.29 is 9.53 Å². The van der Waals surface area contributed by atoms with E-state index in [0.717, 1.165) is 42.2 Å². The van der Waals surface area contributed by atoms with Gasteiger partial charge in [-0.1, -0.05) is 24.3 Å². The van der Waals surface area contributed by atoms with Crippen LogP contribution >= 0.6 is 11.3 Å². The molecule has 1 aromatic carbocycles. The van der Waals surface area contributed by atoms with Gasteiger partial charge in [-0.3, -0.25) is 9.78 Å². The topological polar surface area (TPSA) is 55.3 Å². The van der Waals surface area contributed by atoms with Crippen molar-refractivity contribution >= 4 is 17.2 Å². The number of rotatable bonds is 5. The van der Waals surface area contributed by atoms with Gasteiger partial charge < -0.3 is 9.64 Å². The average Bonchev–Trinajstić information content (AvgIpc) is 3.23. The van der Waals surface area contributed by atoms with Gasteiger partial charge in [-0.2, -0.15) is 0 Å². The smallest absolute Gasteiger partial charge is 0.261 e. The SMILES string of the molecule is O=C(COc1ccccc1)N1CCCC[C@@H]1c1csc(-c2ccccn2)n1. The standard InChI is InChI=1S/C21H21N3O2S/c25-20(14-26-16-8-2-1-3-9-16)24-13-7-5-11-19(24)18-15-27-21(23-18)17-10-4-6-12-22-17/h1-4,6,8-10,12,15,19H,5,7,11,13-14H2/t19-/m1/s1. The van der Waals surface area contributed by atoms with Crippen LogP contribution in [0.4, 0.5) is 0 Å². The van der Waals surface area contributed by atoms with E-state index in [1.54, 1.807) is 17.5 Å². The number of nitrogens with zero attached hydrogens (tertiary/aromatic N) is 3. The Kier molecular flexibility index (Phi) is 5.44. The maximum Gasteiger partial charge on any atom is 0.261 e. The second-order valence-corrected chi connectivity index (χ2v) is 7.35. The number of amides is 1. The molecule has 1 saturated heterocycles. The maximum absolute atomic E-state index is 12.8. The van der Waals surface area contributed by atoms with E-state index in [0.29, 0.717) is 5.75 Å². The molecule has 0 saturated carbocycles. The number of benzene rings is 1. The van der Waals surface area contributed by atoms with E-state index < -0.39 is 0 Å². The van der Waals surface area contributed by atoms with Gasteiger partial charge in [-0.05, 0) is 43.5 Å². The van der Waals surface area contributed by atoms with Crippen molar-refractivity contribution in [3.63, 3.8) is 0 Å². The summed E-state index contributed by atoms with van der Waals surface area (Å²) in [4.78, 5) is 23.9. The molecule has 27 heavy (non-hydrogen) atoms. The summed E-state index contributed by atoms with van der Waals surface area (Å²) in [6, 6.07) is 15.3. The highest BCUT2D eigenvalue weighted by molar-refractivity contribution is 7.13. The summed E-state index contributed by atoms with van der Waals surface area (Å²) in [7, 11) is 0. The summed E-state index contributed by atoms with van der Waals surface area (Å²) >= 11 is 1.58. The van der Waals surface area contributed by atoms with Gasteiger partial charge in [-0.15, -0.1) is 11.3 Å². The molecular formula is C21H21N3O2S. The highest BCUT2D eigenvalue weighted by Crippen LogP contribution is 2.33. The van der Waals surface area contributed by atoms with E-state index in [9.17, 15) is 4.79 Å². The van der Waals surface area contributed by atoms with Crippen LogP contribution in [-0.4, -0.2) is 33.9 Å². The molecule has 6 heteroatoms. The molecule has 1 fully saturated rings. The highest BCUT2D eigenvalue weighted by Gasteiger charge is 2.30. The van der Waals surface area contributed by atoms with Crippen LogP contribution in [0.3, 0.4) is 0 Å². The highest BCUT2D eigenvalue weighted by atomic mass is 32.1. The number of carbonyl (C=O) groups excluding carboxylic acids is 1. The van der Waals surface area contributed by atoms with E-state index in [1.165, 1.54) is 0 Å². The van der Waals surface area contributed by atoms with Crippen LogP contribution in [0, 0.1) is 0 Å². The first-order valence-electron chi connectivity index (χ1n) is 9.15. The maximum atomic E-state index is 12.8. The minimum absolute atomic E-state index is 0.0101. The Morgan fingerprint density at radius 2 is 2.00 bits per heavy atom. The summed E-state index contributed by atoms with van der Waals surface area (Å²) in [5.74, 6) is 0.724. The van der Waals surface area contributed by atoms with Gasteiger partial charge in [0.1, 0.15) is 10.8 Å². The predicted octanol–water partition coefficient (Wildman–Crippen LogP) is 4.34. The number of carbonyl (C=O) groups is 1. The van der Waals surface area contributed by atoms with Crippen LogP contribution < -0.4 is 4.74 Å². The first-order chi connectivity index (χ1) is 13.3. The molecule has 1 aliphatic rings. The Hall–Kier alpha value is -2.73. The van der Waals surface area contributed by atoms with E-state index in [-0.39, 0.29) is 18.6 Å². The van der Waals surface area contributed by atoms with E-state index >= 15 is 0 Å². The molecule has 0 radical (unpaired) electrons. The summed E-state index contributed by atoms with van der Waals surface area (Å²) in [6.45, 7) is 0.801. The zero-order valence-electron chi connectivity index (χ0n) is 15.0. The summed E-state index contributed by atoms with van der Waals surface area (Å²) in [5.41, 5.74) is 1.82. The predicted molar refractivity (Wildman–Crippen MR) is 106 cm³/mol. The molecule has 3 heterocycles. The lowest BCUT2D eigenvalue weighted by Crippen LogP contribution is -2.41. The van der Waals surface area contributed by atoms with Crippen LogP contribution in [-0.2, 0) is 4.79 Å². The first kappa shape index (κ1) is 17.7. The number of likely N-dealkylation sites (tertiary alicyclic amines) is 1. The third-order valence-corrected chi connectivity index (χ3v) is 5.56. The van der Waals surface area contributed by atoms with Crippen molar-refractivity contribution in [1.82, 2.24) is 14.9 Å². The monoisotopic (exact) mass is 379 g/mol. The number of thiazole rings is 1. The molecule has 1 atom stereocenters. The fraction of sp³-hybridized carbons (Fsp3) is 0.286. The van der Waals surface area contributed by atoms with E-state index in [4.69, 9.17) is 9.72 Å². The zero-order chi connectivity index (χ0) is 18.5. The van der Waals surface area contributed by atoms with Gasteiger partial charge in [0.15, 0.2) is 6.61 Å². The molecule has 0 unspecified atom stereocenters. The average molecular weight is 379 g/mol. The molecule has 0 bridgehead atoms. The molecule has 0 N–H and O–H groups in total. The van der Waals surface area contributed by atoms with Crippen molar-refractivity contribution in [2.75, 3.05) is 13.2 Å². The van der Waals surface area contributed by atoms with Crippen molar-refractivity contribution in [2.45, 2.75) is 25.3 Å². The van der Waals surface area contributed by atoms with Gasteiger partial charge in [0.05, 0.1) is 17.4 Å². The number of pyridine rings is 1. The summed E-state index contributed by atoms with van der Waals surface area (Å²) in [5, 5.41) is 2.95. The molecule has 0 aliphatic carbocycles. The van der Waals surface area contributed by atoms with Crippen LogP contribution in [0.25, 0.3) is 10.7 Å². The number of aromatic nitrogens is 2. The van der Waals surface area contributed by atoms with Crippen LogP contribution in [0.2, 0.25) is 0 Å². The van der Waals surface area contributed by atoms with Crippen LogP contribution in [0.15, 0.2) is 60.1 Å². The summed E-state index contributed by atoms with van der Waals surface area (Å²) in [6.07, 6.45) is 4.82. The molecule has 138 valence electrons. The van der Waals surface area contributed by atoms with Crippen molar-refractivity contribution in [3.8, 4) is 16.5 Å². The molecular weight excluding hydrogens is 358 g/mol. The second-order valence-electron chi connectivity index (χ2n) is 6.49. The van der Waals surface area contributed by atoms with Gasteiger partial charge in [0.25, 0.3) is 5.91 Å². The minimum atomic E-state index is 0.0101. The van der Waals surface area contributed by atoms with Gasteiger partial charge >= 0.3 is 0 Å². The lowest BCUT2D eigenvalue weighted by atomic mass is 10.00. The van der Waals surface area contributed by atoms with Crippen LogP contribution in [0.5, 0.6) is 5.75 Å². The first-order valence-corrected chi connectivity index (χ1v) is 10.0. The Labute approximate surface area is 162 Å². The van der Waals surface area contributed by atoms with Crippen molar-refractivity contribution in [3.05, 3.63) is 65.8 Å². The molecule has 2 aromatic heterocycles. The molecule has 1 aliphatic heterocycles. The number of piperidine rings is 1. The van der Waals surface area contributed by atoms with Crippen molar-refractivity contribution in [1.29, 1.82) is 0 Å².